The van der Waals surface area contributed by atoms with Crippen LogP contribution in [-0.4, -0.2) is 34.6 Å². The first kappa shape index (κ1) is 28.8. The van der Waals surface area contributed by atoms with E-state index in [1.165, 1.54) is 27.7 Å². The monoisotopic (exact) mass is 560 g/mol. The lowest BCUT2D eigenvalue weighted by molar-refractivity contribution is -0.148. The molecule has 13 heteroatoms. The van der Waals surface area contributed by atoms with Crippen molar-refractivity contribution in [1.82, 2.24) is 28.6 Å². The van der Waals surface area contributed by atoms with E-state index in [9.17, 15) is 27.6 Å². The minimum Gasteiger partial charge on any atom is -0.334 e. The van der Waals surface area contributed by atoms with Gasteiger partial charge in [0.1, 0.15) is 0 Å². The van der Waals surface area contributed by atoms with E-state index in [0.29, 0.717) is 30.4 Å². The first-order valence-corrected chi connectivity index (χ1v) is 13.2. The van der Waals surface area contributed by atoms with Crippen molar-refractivity contribution in [3.8, 4) is 11.4 Å². The topological polar surface area (TPSA) is 106 Å². The van der Waals surface area contributed by atoms with Crippen molar-refractivity contribution in [2.75, 3.05) is 0 Å². The number of rotatable bonds is 10. The van der Waals surface area contributed by atoms with Gasteiger partial charge in [-0.05, 0) is 43.9 Å². The number of hydrogen-bond acceptors (Lipinski definition) is 6. The summed E-state index contributed by atoms with van der Waals surface area (Å²) in [6.07, 6.45) is 0.0326. The second kappa shape index (κ2) is 11.5. The van der Waals surface area contributed by atoms with Crippen molar-refractivity contribution in [1.29, 1.82) is 0 Å². The summed E-state index contributed by atoms with van der Waals surface area (Å²) in [4.78, 5) is 49.9. The molecule has 3 aromatic heterocycles. The van der Waals surface area contributed by atoms with Crippen LogP contribution in [0.25, 0.3) is 22.6 Å². The van der Waals surface area contributed by atoms with E-state index in [-0.39, 0.29) is 36.6 Å². The van der Waals surface area contributed by atoms with Crippen LogP contribution in [0.1, 0.15) is 58.1 Å². The Kier molecular flexibility index (Phi) is 8.31. The Labute approximate surface area is 227 Å². The van der Waals surface area contributed by atoms with Crippen LogP contribution >= 0.6 is 0 Å². The lowest BCUT2D eigenvalue weighted by atomic mass is 10.0. The number of benzene rings is 1. The molecule has 0 radical (unpaired) electrons. The Balaban J connectivity index is 1.86. The number of carbonyl (C=O) groups is 1. The fourth-order valence-corrected chi connectivity index (χ4v) is 4.58. The van der Waals surface area contributed by atoms with E-state index in [4.69, 9.17) is 4.84 Å². The molecule has 0 saturated carbocycles. The van der Waals surface area contributed by atoms with Crippen molar-refractivity contribution in [2.45, 2.75) is 72.8 Å². The Morgan fingerprint density at radius 1 is 1.07 bits per heavy atom. The molecule has 0 fully saturated rings. The van der Waals surface area contributed by atoms with Gasteiger partial charge in [-0.2, -0.15) is 18.3 Å². The number of halogens is 3. The molecule has 0 saturated heterocycles. The fraction of sp³-hybridized carbons (Fsp3) is 0.444. The summed E-state index contributed by atoms with van der Waals surface area (Å²) in [5.74, 6) is -0.918. The zero-order valence-corrected chi connectivity index (χ0v) is 22.7. The Hall–Kier alpha value is -4.16. The Morgan fingerprint density at radius 3 is 2.42 bits per heavy atom. The number of imidazole rings is 1. The molecule has 1 aromatic carbocycles. The second-order valence-corrected chi connectivity index (χ2v) is 9.43. The molecule has 0 bridgehead atoms. The van der Waals surface area contributed by atoms with E-state index in [0.717, 1.165) is 21.4 Å². The molecular weight excluding hydrogens is 529 g/mol. The van der Waals surface area contributed by atoms with Crippen LogP contribution in [0.2, 0.25) is 0 Å². The van der Waals surface area contributed by atoms with Crippen LogP contribution in [0.3, 0.4) is 0 Å². The van der Waals surface area contributed by atoms with Crippen molar-refractivity contribution >= 4 is 17.1 Å². The molecule has 0 aliphatic heterocycles. The van der Waals surface area contributed by atoms with Crippen LogP contribution in [0, 0.1) is 5.92 Å². The number of aryl methyl sites for hydroxylation is 1. The van der Waals surface area contributed by atoms with Gasteiger partial charge >= 0.3 is 17.8 Å². The van der Waals surface area contributed by atoms with Gasteiger partial charge < -0.3 is 4.84 Å². The third-order valence-corrected chi connectivity index (χ3v) is 6.74. The molecule has 4 rings (SSSR count). The van der Waals surface area contributed by atoms with Gasteiger partial charge in [-0.3, -0.25) is 18.6 Å². The predicted molar refractivity (Wildman–Crippen MR) is 142 cm³/mol. The van der Waals surface area contributed by atoms with Crippen molar-refractivity contribution < 1.29 is 22.8 Å². The number of fused-ring (bicyclic) bond motifs is 1. The summed E-state index contributed by atoms with van der Waals surface area (Å²) in [5.41, 5.74) is -1.22. The van der Waals surface area contributed by atoms with Crippen molar-refractivity contribution in [3.63, 3.8) is 0 Å². The maximum absolute atomic E-state index is 13.5. The molecule has 0 unspecified atom stereocenters. The minimum absolute atomic E-state index is 0.0284. The van der Waals surface area contributed by atoms with Crippen LogP contribution in [0.4, 0.5) is 13.2 Å². The van der Waals surface area contributed by atoms with Gasteiger partial charge in [0.05, 0.1) is 29.8 Å². The fourth-order valence-electron chi connectivity index (χ4n) is 4.58. The molecule has 214 valence electrons. The lowest BCUT2D eigenvalue weighted by Crippen LogP contribution is -2.41. The molecule has 3 heterocycles. The van der Waals surface area contributed by atoms with Crippen LogP contribution in [-0.2, 0) is 30.6 Å². The van der Waals surface area contributed by atoms with Crippen LogP contribution < -0.4 is 16.1 Å². The first-order valence-electron chi connectivity index (χ1n) is 13.2. The summed E-state index contributed by atoms with van der Waals surface area (Å²) in [6.45, 7) is 7.69. The maximum Gasteiger partial charge on any atom is 0.416 e. The molecule has 0 atom stereocenters. The zero-order valence-electron chi connectivity index (χ0n) is 22.7. The number of alkyl halides is 3. The zero-order chi connectivity index (χ0) is 29.2. The van der Waals surface area contributed by atoms with Gasteiger partial charge in [0.25, 0.3) is 5.56 Å². The lowest BCUT2D eigenvalue weighted by Gasteiger charge is -2.14. The third-order valence-electron chi connectivity index (χ3n) is 6.74. The van der Waals surface area contributed by atoms with Gasteiger partial charge in [-0.25, -0.2) is 14.6 Å². The van der Waals surface area contributed by atoms with Crippen molar-refractivity contribution in [2.24, 2.45) is 5.92 Å². The average Bonchev–Trinajstić information content (AvgIpc) is 3.52. The van der Waals surface area contributed by atoms with Gasteiger partial charge in [-0.15, -0.1) is 4.73 Å². The van der Waals surface area contributed by atoms with Crippen LogP contribution in [0.15, 0.2) is 46.2 Å². The van der Waals surface area contributed by atoms with Gasteiger partial charge in [-0.1, -0.05) is 32.9 Å². The smallest absolute Gasteiger partial charge is 0.334 e. The molecular formula is C27H31F3N6O4. The predicted octanol–water partition coefficient (Wildman–Crippen LogP) is 4.11. The normalized spacial score (nSPS) is 12.0. The molecule has 0 N–H and O–H groups in total. The molecule has 0 aliphatic carbocycles. The second-order valence-electron chi connectivity index (χ2n) is 9.43. The van der Waals surface area contributed by atoms with Gasteiger partial charge in [0, 0.05) is 19.3 Å². The highest BCUT2D eigenvalue weighted by molar-refractivity contribution is 5.79. The summed E-state index contributed by atoms with van der Waals surface area (Å²) in [5, 5.41) is 4.26. The van der Waals surface area contributed by atoms with Crippen LogP contribution in [0.5, 0.6) is 0 Å². The molecule has 40 heavy (non-hydrogen) atoms. The number of nitrogens with zero attached hydrogens (tertiary/aromatic N) is 6. The summed E-state index contributed by atoms with van der Waals surface area (Å²) in [6, 6.07) is 4.92. The standard InChI is InChI=1S/C27H31F3N6O4/c1-5-12-35-24(37)21-23(34(8-4)26(35)39)32-22(36(21)40-25(38)18(6-2)7-3)19-14-31-33(16-19)15-17-10-9-11-20(13-17)27(28,29)30/h9-11,13-14,16,18H,5-8,12,15H2,1-4H3. The number of aromatic nitrogens is 6. The summed E-state index contributed by atoms with van der Waals surface area (Å²) >= 11 is 0. The first-order chi connectivity index (χ1) is 19.0. The molecule has 0 aliphatic rings. The Bertz CT molecular complexity index is 1640. The van der Waals surface area contributed by atoms with E-state index in [2.05, 4.69) is 10.1 Å². The van der Waals surface area contributed by atoms with E-state index in [1.807, 2.05) is 20.8 Å². The quantitative estimate of drug-likeness (QED) is 0.289. The molecule has 10 nitrogen and oxygen atoms in total. The highest BCUT2D eigenvalue weighted by atomic mass is 19.4. The highest BCUT2D eigenvalue weighted by Gasteiger charge is 2.30. The largest absolute Gasteiger partial charge is 0.416 e. The van der Waals surface area contributed by atoms with Gasteiger partial charge in [0.15, 0.2) is 17.0 Å². The molecule has 4 aromatic rings. The molecule has 0 amide bonds. The SMILES string of the molecule is CCCn1c(=O)c2c(nc(-c3cnn(Cc4cccc(C(F)(F)F)c4)c3)n2OC(=O)C(CC)CC)n(CC)c1=O. The summed E-state index contributed by atoms with van der Waals surface area (Å²) < 4.78 is 44.4. The third kappa shape index (κ3) is 5.45. The average molecular weight is 561 g/mol. The minimum atomic E-state index is -4.48. The van der Waals surface area contributed by atoms with E-state index in [1.54, 1.807) is 13.0 Å². The summed E-state index contributed by atoms with van der Waals surface area (Å²) in [7, 11) is 0. The van der Waals surface area contributed by atoms with Gasteiger partial charge in [0.2, 0.25) is 0 Å². The van der Waals surface area contributed by atoms with E-state index >= 15 is 0 Å². The number of carbonyl (C=O) groups excluding carboxylic acids is 1. The Morgan fingerprint density at radius 2 is 1.80 bits per heavy atom. The van der Waals surface area contributed by atoms with E-state index < -0.39 is 34.9 Å². The van der Waals surface area contributed by atoms with Crippen molar-refractivity contribution in [3.05, 3.63) is 68.6 Å². The highest BCUT2D eigenvalue weighted by Crippen LogP contribution is 2.30. The maximum atomic E-state index is 13.5. The number of hydrogen-bond donors (Lipinski definition) is 0. The molecule has 0 spiro atoms.